The zero-order chi connectivity index (χ0) is 19.0. The van der Waals surface area contributed by atoms with Gasteiger partial charge in [0.25, 0.3) is 11.8 Å². The standard InChI is InChI=1S/C24H19NO2/c1-16-8-7-11-19(14-16)25-23(26)21-13-6-5-12-20(21)22(24(25)27)15-18-10-4-3-9-17(18)2/h3-15H,1-2H3. The first kappa shape index (κ1) is 17.0. The summed E-state index contributed by atoms with van der Waals surface area (Å²) in [6, 6.07) is 22.6. The van der Waals surface area contributed by atoms with Crippen LogP contribution in [0.3, 0.4) is 0 Å². The highest BCUT2D eigenvalue weighted by Gasteiger charge is 2.35. The lowest BCUT2D eigenvalue weighted by Crippen LogP contribution is -2.41. The zero-order valence-corrected chi connectivity index (χ0v) is 15.3. The van der Waals surface area contributed by atoms with Gasteiger partial charge in [0.05, 0.1) is 5.69 Å². The number of hydrogen-bond acceptors (Lipinski definition) is 2. The first-order chi connectivity index (χ1) is 13.1. The highest BCUT2D eigenvalue weighted by atomic mass is 16.2. The van der Waals surface area contributed by atoms with Crippen molar-refractivity contribution in [1.82, 2.24) is 0 Å². The van der Waals surface area contributed by atoms with Gasteiger partial charge in [-0.25, -0.2) is 4.90 Å². The number of nitrogens with zero attached hydrogens (tertiary/aromatic N) is 1. The Morgan fingerprint density at radius 3 is 2.19 bits per heavy atom. The number of rotatable bonds is 2. The van der Waals surface area contributed by atoms with Crippen molar-refractivity contribution in [3.63, 3.8) is 0 Å². The fourth-order valence-electron chi connectivity index (χ4n) is 3.40. The highest BCUT2D eigenvalue weighted by molar-refractivity contribution is 6.43. The van der Waals surface area contributed by atoms with Gasteiger partial charge >= 0.3 is 0 Å². The average Bonchev–Trinajstić information content (AvgIpc) is 2.67. The molecule has 1 aliphatic heterocycles. The van der Waals surface area contributed by atoms with Crippen LogP contribution in [0.5, 0.6) is 0 Å². The highest BCUT2D eigenvalue weighted by Crippen LogP contribution is 2.33. The van der Waals surface area contributed by atoms with Crippen LogP contribution in [0.15, 0.2) is 72.8 Å². The maximum Gasteiger partial charge on any atom is 0.265 e. The van der Waals surface area contributed by atoms with Gasteiger partial charge in [-0.3, -0.25) is 9.59 Å². The van der Waals surface area contributed by atoms with E-state index in [2.05, 4.69) is 0 Å². The maximum absolute atomic E-state index is 13.4. The van der Waals surface area contributed by atoms with Gasteiger partial charge in [-0.15, -0.1) is 0 Å². The predicted octanol–water partition coefficient (Wildman–Crippen LogP) is 5.03. The lowest BCUT2D eigenvalue weighted by molar-refractivity contribution is -0.112. The second-order valence-electron chi connectivity index (χ2n) is 6.74. The van der Waals surface area contributed by atoms with Gasteiger partial charge in [0.2, 0.25) is 0 Å². The Morgan fingerprint density at radius 1 is 0.741 bits per heavy atom. The van der Waals surface area contributed by atoms with E-state index in [1.54, 1.807) is 12.1 Å². The monoisotopic (exact) mass is 353 g/mol. The molecular weight excluding hydrogens is 334 g/mol. The second kappa shape index (κ2) is 6.69. The molecule has 3 heteroatoms. The number of amides is 2. The number of fused-ring (bicyclic) bond motifs is 1. The van der Waals surface area contributed by atoms with Gasteiger partial charge in [-0.2, -0.15) is 0 Å². The normalized spacial score (nSPS) is 15.2. The smallest absolute Gasteiger partial charge is 0.265 e. The largest absolute Gasteiger partial charge is 0.268 e. The molecule has 2 amide bonds. The fraction of sp³-hybridized carbons (Fsp3) is 0.0833. The van der Waals surface area contributed by atoms with Gasteiger partial charge in [-0.05, 0) is 60.4 Å². The van der Waals surface area contributed by atoms with Crippen molar-refractivity contribution >= 4 is 29.2 Å². The molecular formula is C24H19NO2. The van der Waals surface area contributed by atoms with E-state index in [0.717, 1.165) is 16.7 Å². The molecule has 0 atom stereocenters. The summed E-state index contributed by atoms with van der Waals surface area (Å²) in [5, 5.41) is 0. The number of aryl methyl sites for hydroxylation is 2. The van der Waals surface area contributed by atoms with Gasteiger partial charge < -0.3 is 0 Å². The molecule has 0 N–H and O–H groups in total. The summed E-state index contributed by atoms with van der Waals surface area (Å²) in [6.07, 6.45) is 1.88. The van der Waals surface area contributed by atoms with Crippen molar-refractivity contribution in [1.29, 1.82) is 0 Å². The van der Waals surface area contributed by atoms with E-state index in [9.17, 15) is 9.59 Å². The topological polar surface area (TPSA) is 37.4 Å². The Labute approximate surface area is 158 Å². The molecule has 0 fully saturated rings. The molecule has 3 aromatic carbocycles. The molecule has 0 aliphatic carbocycles. The summed E-state index contributed by atoms with van der Waals surface area (Å²) >= 11 is 0. The lowest BCUT2D eigenvalue weighted by atomic mass is 9.91. The summed E-state index contributed by atoms with van der Waals surface area (Å²) in [7, 11) is 0. The maximum atomic E-state index is 13.4. The van der Waals surface area contributed by atoms with E-state index in [0.29, 0.717) is 22.4 Å². The molecule has 0 spiro atoms. The first-order valence-corrected chi connectivity index (χ1v) is 8.88. The van der Waals surface area contributed by atoms with Gasteiger partial charge in [0, 0.05) is 11.1 Å². The van der Waals surface area contributed by atoms with Crippen LogP contribution < -0.4 is 4.90 Å². The van der Waals surface area contributed by atoms with Crippen LogP contribution in [0.25, 0.3) is 11.6 Å². The van der Waals surface area contributed by atoms with Crippen molar-refractivity contribution in [2.75, 3.05) is 4.90 Å². The molecule has 3 nitrogen and oxygen atoms in total. The number of imide groups is 1. The second-order valence-corrected chi connectivity index (χ2v) is 6.74. The van der Waals surface area contributed by atoms with Gasteiger partial charge in [0.15, 0.2) is 0 Å². The number of carbonyl (C=O) groups is 2. The first-order valence-electron chi connectivity index (χ1n) is 8.88. The minimum Gasteiger partial charge on any atom is -0.268 e. The molecule has 0 unspecified atom stereocenters. The number of carbonyl (C=O) groups excluding carboxylic acids is 2. The Balaban J connectivity index is 1.93. The van der Waals surface area contributed by atoms with Crippen LogP contribution in [0, 0.1) is 13.8 Å². The molecule has 0 saturated heterocycles. The predicted molar refractivity (Wildman–Crippen MR) is 108 cm³/mol. The summed E-state index contributed by atoms with van der Waals surface area (Å²) in [5.41, 5.74) is 5.38. The van der Waals surface area contributed by atoms with Crippen molar-refractivity contribution in [2.24, 2.45) is 0 Å². The quantitative estimate of drug-likeness (QED) is 0.478. The summed E-state index contributed by atoms with van der Waals surface area (Å²) in [6.45, 7) is 3.95. The van der Waals surface area contributed by atoms with E-state index in [1.165, 1.54) is 4.90 Å². The molecule has 132 valence electrons. The van der Waals surface area contributed by atoms with Gasteiger partial charge in [-0.1, -0.05) is 54.6 Å². The van der Waals surface area contributed by atoms with Crippen molar-refractivity contribution in [2.45, 2.75) is 13.8 Å². The number of hydrogen-bond donors (Lipinski definition) is 0. The molecule has 0 bridgehead atoms. The molecule has 0 aromatic heterocycles. The van der Waals surface area contributed by atoms with Crippen molar-refractivity contribution in [3.05, 3.63) is 101 Å². The van der Waals surface area contributed by atoms with E-state index < -0.39 is 0 Å². The SMILES string of the molecule is Cc1cccc(N2C(=O)C(=Cc3ccccc3C)c3ccccc3C2=O)c1. The lowest BCUT2D eigenvalue weighted by Gasteiger charge is -2.29. The molecule has 0 saturated carbocycles. The van der Waals surface area contributed by atoms with Crippen molar-refractivity contribution < 1.29 is 9.59 Å². The zero-order valence-electron chi connectivity index (χ0n) is 15.3. The fourth-order valence-corrected chi connectivity index (χ4v) is 3.40. The molecule has 3 aromatic rings. The summed E-state index contributed by atoms with van der Waals surface area (Å²) < 4.78 is 0. The van der Waals surface area contributed by atoms with Crippen LogP contribution in [0.4, 0.5) is 5.69 Å². The summed E-state index contributed by atoms with van der Waals surface area (Å²) in [5.74, 6) is -0.587. The molecule has 27 heavy (non-hydrogen) atoms. The van der Waals surface area contributed by atoms with Crippen molar-refractivity contribution in [3.8, 4) is 0 Å². The number of benzene rings is 3. The molecule has 1 aliphatic rings. The average molecular weight is 353 g/mol. The van der Waals surface area contributed by atoms with Crippen LogP contribution in [-0.2, 0) is 4.79 Å². The van der Waals surface area contributed by atoms with Crippen LogP contribution >= 0.6 is 0 Å². The molecule has 1 heterocycles. The minimum absolute atomic E-state index is 0.289. The third kappa shape index (κ3) is 2.97. The Kier molecular flexibility index (Phi) is 4.21. The van der Waals surface area contributed by atoms with E-state index in [-0.39, 0.29) is 11.8 Å². The van der Waals surface area contributed by atoms with Crippen LogP contribution in [0.2, 0.25) is 0 Å². The Bertz CT molecular complexity index is 1090. The van der Waals surface area contributed by atoms with Crippen LogP contribution in [-0.4, -0.2) is 11.8 Å². The minimum atomic E-state index is -0.299. The van der Waals surface area contributed by atoms with E-state index >= 15 is 0 Å². The van der Waals surface area contributed by atoms with Crippen LogP contribution in [0.1, 0.15) is 32.6 Å². The third-order valence-electron chi connectivity index (χ3n) is 4.83. The molecule has 0 radical (unpaired) electrons. The summed E-state index contributed by atoms with van der Waals surface area (Å²) in [4.78, 5) is 27.7. The third-order valence-corrected chi connectivity index (χ3v) is 4.83. The Morgan fingerprint density at radius 2 is 1.44 bits per heavy atom. The van der Waals surface area contributed by atoms with E-state index in [1.807, 2.05) is 80.6 Å². The molecule has 4 rings (SSSR count). The van der Waals surface area contributed by atoms with E-state index in [4.69, 9.17) is 0 Å². The number of anilines is 1. The van der Waals surface area contributed by atoms with Gasteiger partial charge in [0.1, 0.15) is 0 Å². The Hall–Kier alpha value is -3.46.